The molecule has 0 saturated heterocycles. The van der Waals surface area contributed by atoms with Crippen molar-refractivity contribution in [3.05, 3.63) is 0 Å². The van der Waals surface area contributed by atoms with Gasteiger partial charge in [-0.1, -0.05) is 5.16 Å². The number of halogens is 3. The molecule has 0 rings (SSSR count). The van der Waals surface area contributed by atoms with E-state index in [1.165, 1.54) is 6.92 Å². The van der Waals surface area contributed by atoms with Gasteiger partial charge >= 0.3 is 6.18 Å². The summed E-state index contributed by atoms with van der Waals surface area (Å²) < 4.78 is 35.3. The molecule has 3 N–H and O–H groups in total. The van der Waals surface area contributed by atoms with Crippen LogP contribution in [0.2, 0.25) is 0 Å². The molecule has 0 fully saturated rings. The van der Waals surface area contributed by atoms with Crippen LogP contribution in [0.3, 0.4) is 0 Å². The van der Waals surface area contributed by atoms with Gasteiger partial charge < -0.3 is 15.8 Å². The molecule has 72 valence electrons. The van der Waals surface area contributed by atoms with Gasteiger partial charge in [-0.2, -0.15) is 13.2 Å². The van der Waals surface area contributed by atoms with E-state index in [0.29, 0.717) is 4.90 Å². The number of hydrogen-bond acceptors (Lipinski definition) is 2. The fraction of sp³-hybridized carbons (Fsp3) is 0.800. The molecule has 0 spiro atoms. The van der Waals surface area contributed by atoms with Gasteiger partial charge in [-0.3, -0.25) is 0 Å². The summed E-state index contributed by atoms with van der Waals surface area (Å²) in [5, 5.41) is 10.6. The average Bonchev–Trinajstić information content (AvgIpc) is 1.97. The summed E-state index contributed by atoms with van der Waals surface area (Å²) >= 11 is 0. The van der Waals surface area contributed by atoms with Crippen LogP contribution in [0.15, 0.2) is 5.16 Å². The molecule has 0 aromatic rings. The van der Waals surface area contributed by atoms with Crippen LogP contribution < -0.4 is 5.73 Å². The summed E-state index contributed by atoms with van der Waals surface area (Å²) in [6.45, 7) is 0.304. The highest BCUT2D eigenvalue weighted by molar-refractivity contribution is 5.77. The van der Waals surface area contributed by atoms with E-state index in [1.807, 2.05) is 0 Å². The Morgan fingerprint density at radius 2 is 2.08 bits per heavy atom. The first-order valence-corrected chi connectivity index (χ1v) is 3.20. The zero-order chi connectivity index (χ0) is 9.78. The molecule has 7 heteroatoms. The van der Waals surface area contributed by atoms with Gasteiger partial charge in [0.1, 0.15) is 6.54 Å². The Morgan fingerprint density at radius 3 is 2.33 bits per heavy atom. The van der Waals surface area contributed by atoms with E-state index in [0.717, 1.165) is 0 Å². The molecule has 0 aromatic heterocycles. The Balaban J connectivity index is 4.19. The van der Waals surface area contributed by atoms with Gasteiger partial charge in [-0.15, -0.1) is 0 Å². The second-order valence-electron chi connectivity index (χ2n) is 2.09. The highest BCUT2D eigenvalue weighted by Crippen LogP contribution is 2.15. The van der Waals surface area contributed by atoms with Crippen molar-refractivity contribution in [1.29, 1.82) is 0 Å². The van der Waals surface area contributed by atoms with Crippen molar-refractivity contribution in [1.82, 2.24) is 4.90 Å². The SMILES string of the molecule is CCN(CC(F)(F)F)C(N)=NO. The molecule has 0 aliphatic heterocycles. The van der Waals surface area contributed by atoms with Crippen molar-refractivity contribution in [3.63, 3.8) is 0 Å². The van der Waals surface area contributed by atoms with Crippen molar-refractivity contribution in [3.8, 4) is 0 Å². The van der Waals surface area contributed by atoms with E-state index in [2.05, 4.69) is 5.16 Å². The lowest BCUT2D eigenvalue weighted by Crippen LogP contribution is -2.43. The van der Waals surface area contributed by atoms with E-state index < -0.39 is 18.7 Å². The second-order valence-corrected chi connectivity index (χ2v) is 2.09. The number of oxime groups is 1. The molecular formula is C5H10F3N3O. The summed E-state index contributed by atoms with van der Waals surface area (Å²) in [5.74, 6) is -0.533. The minimum Gasteiger partial charge on any atom is -0.408 e. The maximum Gasteiger partial charge on any atom is 0.406 e. The number of guanidine groups is 1. The Morgan fingerprint density at radius 1 is 1.58 bits per heavy atom. The Kier molecular flexibility index (Phi) is 3.65. The standard InChI is InChI=1S/C5H10F3N3O/c1-2-11(4(9)10-12)3-5(6,7)8/h12H,2-3H2,1H3,(H2,9,10). The minimum absolute atomic E-state index is 0.0371. The molecule has 12 heavy (non-hydrogen) atoms. The summed E-state index contributed by atoms with van der Waals surface area (Å²) in [4.78, 5) is 0.708. The zero-order valence-corrected chi connectivity index (χ0v) is 6.47. The predicted octanol–water partition coefficient (Wildman–Crippen LogP) is 0.575. The maximum atomic E-state index is 11.8. The molecule has 4 nitrogen and oxygen atoms in total. The monoisotopic (exact) mass is 185 g/mol. The van der Waals surface area contributed by atoms with Gasteiger partial charge in [0, 0.05) is 6.54 Å². The number of rotatable bonds is 2. The number of nitrogens with two attached hydrogens (primary N) is 1. The summed E-state index contributed by atoms with van der Waals surface area (Å²) in [6.07, 6.45) is -4.34. The summed E-state index contributed by atoms with van der Waals surface area (Å²) in [6, 6.07) is 0. The largest absolute Gasteiger partial charge is 0.408 e. The third-order valence-corrected chi connectivity index (χ3v) is 1.18. The average molecular weight is 185 g/mol. The van der Waals surface area contributed by atoms with Crippen molar-refractivity contribution in [2.24, 2.45) is 10.9 Å². The van der Waals surface area contributed by atoms with Crippen molar-refractivity contribution in [2.75, 3.05) is 13.1 Å². The third kappa shape index (κ3) is 3.89. The molecule has 0 saturated carbocycles. The first kappa shape index (κ1) is 10.9. The molecule has 0 aromatic carbocycles. The van der Waals surface area contributed by atoms with Crippen molar-refractivity contribution < 1.29 is 18.4 Å². The molecule has 0 amide bonds. The quantitative estimate of drug-likeness (QED) is 0.286. The van der Waals surface area contributed by atoms with Crippen LogP contribution in [-0.4, -0.2) is 35.3 Å². The van der Waals surface area contributed by atoms with Gasteiger partial charge in [0.2, 0.25) is 5.96 Å². The fourth-order valence-corrected chi connectivity index (χ4v) is 0.634. The normalized spacial score (nSPS) is 13.2. The zero-order valence-electron chi connectivity index (χ0n) is 6.47. The van der Waals surface area contributed by atoms with Gasteiger partial charge in [0.15, 0.2) is 0 Å². The van der Waals surface area contributed by atoms with Crippen LogP contribution in [0, 0.1) is 0 Å². The van der Waals surface area contributed by atoms with Crippen molar-refractivity contribution >= 4 is 5.96 Å². The second kappa shape index (κ2) is 4.03. The number of alkyl halides is 3. The fourth-order valence-electron chi connectivity index (χ4n) is 0.634. The van der Waals surface area contributed by atoms with Crippen LogP contribution in [0.5, 0.6) is 0 Å². The topological polar surface area (TPSA) is 61.8 Å². The van der Waals surface area contributed by atoms with E-state index in [9.17, 15) is 13.2 Å². The Hall–Kier alpha value is -1.14. The van der Waals surface area contributed by atoms with Crippen molar-refractivity contribution in [2.45, 2.75) is 13.1 Å². The Labute approximate surface area is 67.4 Å². The van der Waals surface area contributed by atoms with Gasteiger partial charge in [0.05, 0.1) is 0 Å². The molecule has 0 heterocycles. The molecule has 0 radical (unpaired) electrons. The number of hydrogen-bond donors (Lipinski definition) is 2. The lowest BCUT2D eigenvalue weighted by atomic mass is 10.5. The van der Waals surface area contributed by atoms with Crippen LogP contribution in [0.1, 0.15) is 6.92 Å². The highest BCUT2D eigenvalue weighted by Gasteiger charge is 2.31. The molecular weight excluding hydrogens is 175 g/mol. The van der Waals surface area contributed by atoms with Crippen LogP contribution in [-0.2, 0) is 0 Å². The molecule has 0 unspecified atom stereocenters. The van der Waals surface area contributed by atoms with E-state index >= 15 is 0 Å². The first-order valence-electron chi connectivity index (χ1n) is 3.20. The van der Waals surface area contributed by atoms with E-state index in [1.54, 1.807) is 0 Å². The smallest absolute Gasteiger partial charge is 0.406 e. The lowest BCUT2D eigenvalue weighted by molar-refractivity contribution is -0.137. The molecule has 0 bridgehead atoms. The van der Waals surface area contributed by atoms with Gasteiger partial charge in [-0.05, 0) is 6.92 Å². The maximum absolute atomic E-state index is 11.8. The van der Waals surface area contributed by atoms with E-state index in [4.69, 9.17) is 10.9 Å². The van der Waals surface area contributed by atoms with Crippen LogP contribution in [0.25, 0.3) is 0 Å². The van der Waals surface area contributed by atoms with Crippen LogP contribution in [0.4, 0.5) is 13.2 Å². The predicted molar refractivity (Wildman–Crippen MR) is 36.7 cm³/mol. The highest BCUT2D eigenvalue weighted by atomic mass is 19.4. The van der Waals surface area contributed by atoms with E-state index in [-0.39, 0.29) is 6.54 Å². The molecule has 0 aliphatic carbocycles. The Bertz CT molecular complexity index is 168. The number of nitrogens with zero attached hydrogens (tertiary/aromatic N) is 2. The lowest BCUT2D eigenvalue weighted by Gasteiger charge is -2.21. The molecule has 0 aliphatic rings. The third-order valence-electron chi connectivity index (χ3n) is 1.18. The minimum atomic E-state index is -4.34. The van der Waals surface area contributed by atoms with Gasteiger partial charge in [-0.25, -0.2) is 0 Å². The molecule has 0 atom stereocenters. The summed E-state index contributed by atoms with van der Waals surface area (Å²) in [7, 11) is 0. The van der Waals surface area contributed by atoms with Crippen LogP contribution >= 0.6 is 0 Å². The van der Waals surface area contributed by atoms with Gasteiger partial charge in [0.25, 0.3) is 0 Å². The summed E-state index contributed by atoms with van der Waals surface area (Å²) in [5.41, 5.74) is 4.96. The first-order chi connectivity index (χ1) is 5.40.